The number of hydrogen-bond donors (Lipinski definition) is 2. The summed E-state index contributed by atoms with van der Waals surface area (Å²) < 4.78 is 15.6. The molecule has 1 fully saturated rings. The van der Waals surface area contributed by atoms with Crippen molar-refractivity contribution in [2.75, 3.05) is 40.0 Å². The quantitative estimate of drug-likeness (QED) is 0.402. The van der Waals surface area contributed by atoms with E-state index in [9.17, 15) is 14.4 Å². The number of aryl methyl sites for hydroxylation is 1. The van der Waals surface area contributed by atoms with Crippen molar-refractivity contribution < 1.29 is 28.6 Å². The summed E-state index contributed by atoms with van der Waals surface area (Å²) in [7, 11) is 1.55. The number of benzene rings is 1. The van der Waals surface area contributed by atoms with Gasteiger partial charge in [-0.1, -0.05) is 12.1 Å². The molecular weight excluding hydrogens is 390 g/mol. The summed E-state index contributed by atoms with van der Waals surface area (Å²) in [5, 5.41) is 1.64. The van der Waals surface area contributed by atoms with Gasteiger partial charge in [-0.15, -0.1) is 0 Å². The van der Waals surface area contributed by atoms with Crippen molar-refractivity contribution in [1.82, 2.24) is 15.4 Å². The summed E-state index contributed by atoms with van der Waals surface area (Å²) in [5.41, 5.74) is 4.23. The van der Waals surface area contributed by atoms with Crippen LogP contribution in [-0.2, 0) is 14.3 Å². The van der Waals surface area contributed by atoms with E-state index >= 15 is 0 Å². The number of aromatic amines is 1. The maximum absolute atomic E-state index is 13.0. The topological polar surface area (TPSA) is 110 Å². The van der Waals surface area contributed by atoms with Crippen LogP contribution in [0.15, 0.2) is 24.3 Å². The summed E-state index contributed by atoms with van der Waals surface area (Å²) >= 11 is 0. The van der Waals surface area contributed by atoms with E-state index in [-0.39, 0.29) is 17.9 Å². The first-order valence-corrected chi connectivity index (χ1v) is 9.68. The molecule has 9 heteroatoms. The minimum Gasteiger partial charge on any atom is -0.497 e. The molecule has 0 bridgehead atoms. The van der Waals surface area contributed by atoms with Crippen molar-refractivity contribution in [3.63, 3.8) is 0 Å². The van der Waals surface area contributed by atoms with Gasteiger partial charge in [-0.25, -0.2) is 9.80 Å². The van der Waals surface area contributed by atoms with E-state index in [1.807, 2.05) is 0 Å². The second-order valence-electron chi connectivity index (χ2n) is 6.69. The van der Waals surface area contributed by atoms with Crippen molar-refractivity contribution in [3.8, 4) is 16.9 Å². The fourth-order valence-corrected chi connectivity index (χ4v) is 3.28. The van der Waals surface area contributed by atoms with Gasteiger partial charge in [-0.3, -0.25) is 15.0 Å². The number of esters is 1. The average molecular weight is 415 g/mol. The van der Waals surface area contributed by atoms with Gasteiger partial charge in [-0.2, -0.15) is 0 Å². The molecule has 0 spiro atoms. The molecular formula is C21H25N3O6. The summed E-state index contributed by atoms with van der Waals surface area (Å²) in [4.78, 5) is 41.1. The Balaban J connectivity index is 2.00. The Morgan fingerprint density at radius 3 is 2.43 bits per heavy atom. The molecule has 1 aromatic heterocycles. The number of hydrogen-bond acceptors (Lipinski definition) is 7. The Hall–Kier alpha value is -3.17. The van der Waals surface area contributed by atoms with Gasteiger partial charge >= 0.3 is 11.9 Å². The molecule has 9 nitrogen and oxygen atoms in total. The molecule has 0 radical (unpaired) electrons. The number of rotatable bonds is 7. The number of aromatic nitrogens is 1. The normalized spacial score (nSPS) is 14.2. The van der Waals surface area contributed by atoms with E-state index in [0.29, 0.717) is 48.9 Å². The second-order valence-corrected chi connectivity index (χ2v) is 6.69. The van der Waals surface area contributed by atoms with Gasteiger partial charge in [0.25, 0.3) is 5.78 Å². The highest BCUT2D eigenvalue weighted by atomic mass is 16.5. The Morgan fingerprint density at radius 1 is 1.17 bits per heavy atom. The largest absolute Gasteiger partial charge is 0.497 e. The number of methoxy groups -OCH3 is 1. The maximum Gasteiger partial charge on any atom is 0.340 e. The van der Waals surface area contributed by atoms with Crippen LogP contribution in [0.3, 0.4) is 0 Å². The van der Waals surface area contributed by atoms with Crippen LogP contribution in [-0.4, -0.2) is 67.7 Å². The smallest absolute Gasteiger partial charge is 0.340 e. The Bertz CT molecular complexity index is 929. The number of carbonyl (C=O) groups is 3. The molecule has 1 amide bonds. The summed E-state index contributed by atoms with van der Waals surface area (Å²) in [6.07, 6.45) is 0. The van der Waals surface area contributed by atoms with Gasteiger partial charge in [0.2, 0.25) is 0 Å². The fourth-order valence-electron chi connectivity index (χ4n) is 3.28. The minimum absolute atomic E-state index is 0.0338. The molecule has 3 rings (SSSR count). The van der Waals surface area contributed by atoms with Crippen molar-refractivity contribution in [1.29, 1.82) is 0 Å². The zero-order chi connectivity index (χ0) is 21.7. The van der Waals surface area contributed by atoms with Gasteiger partial charge in [0.1, 0.15) is 11.4 Å². The third-order valence-corrected chi connectivity index (χ3v) is 4.75. The molecule has 2 N–H and O–H groups in total. The average Bonchev–Trinajstić information content (AvgIpc) is 3.11. The van der Waals surface area contributed by atoms with E-state index < -0.39 is 17.7 Å². The minimum atomic E-state index is -0.789. The van der Waals surface area contributed by atoms with Crippen LogP contribution >= 0.6 is 0 Å². The summed E-state index contributed by atoms with van der Waals surface area (Å²) in [6, 6.07) is 6.88. The third-order valence-electron chi connectivity index (χ3n) is 4.75. The van der Waals surface area contributed by atoms with Gasteiger partial charge in [0.15, 0.2) is 0 Å². The Labute approximate surface area is 174 Å². The predicted octanol–water partition coefficient (Wildman–Crippen LogP) is 1.72. The van der Waals surface area contributed by atoms with E-state index in [1.165, 1.54) is 0 Å². The third kappa shape index (κ3) is 4.52. The molecule has 0 aliphatic carbocycles. The predicted molar refractivity (Wildman–Crippen MR) is 108 cm³/mol. The zero-order valence-electron chi connectivity index (χ0n) is 17.2. The molecule has 0 saturated carbocycles. The van der Waals surface area contributed by atoms with Gasteiger partial charge in [-0.05, 0) is 31.5 Å². The molecule has 1 aliphatic rings. The van der Waals surface area contributed by atoms with Crippen LogP contribution in [0.1, 0.15) is 33.5 Å². The molecule has 1 aromatic carbocycles. The molecule has 1 saturated heterocycles. The lowest BCUT2D eigenvalue weighted by atomic mass is 9.98. The molecule has 160 valence electrons. The highest BCUT2D eigenvalue weighted by molar-refractivity contribution is 6.43. The fraction of sp³-hybridized carbons (Fsp3) is 0.381. The molecule has 0 unspecified atom stereocenters. The van der Waals surface area contributed by atoms with E-state index in [1.54, 1.807) is 50.2 Å². The standard InChI is InChI=1S/C21H25N3O6/c1-4-30-21(27)16-13(2)22-18(17(16)14-5-7-15(28-3)8-6-14)19(25)20(26)23-24-9-11-29-12-10-24/h5-8,22H,4,9-12H2,1-3H3,(H,23,26). The molecule has 0 atom stereocenters. The van der Waals surface area contributed by atoms with Crippen molar-refractivity contribution in [2.45, 2.75) is 13.8 Å². The maximum atomic E-state index is 13.0. The zero-order valence-corrected chi connectivity index (χ0v) is 17.2. The monoisotopic (exact) mass is 415 g/mol. The number of morpholine rings is 1. The molecule has 30 heavy (non-hydrogen) atoms. The number of ether oxygens (including phenoxy) is 3. The Morgan fingerprint density at radius 2 is 1.83 bits per heavy atom. The van der Waals surface area contributed by atoms with E-state index in [2.05, 4.69) is 10.4 Å². The number of amides is 1. The number of nitrogens with zero attached hydrogens (tertiary/aromatic N) is 1. The number of nitrogens with one attached hydrogen (secondary N) is 2. The van der Waals surface area contributed by atoms with Crippen LogP contribution < -0.4 is 10.2 Å². The molecule has 1 aliphatic heterocycles. The lowest BCUT2D eigenvalue weighted by molar-refractivity contribution is -0.123. The van der Waals surface area contributed by atoms with Gasteiger partial charge in [0, 0.05) is 24.3 Å². The van der Waals surface area contributed by atoms with Gasteiger partial charge < -0.3 is 19.2 Å². The molecule has 2 aromatic rings. The number of carbonyl (C=O) groups excluding carboxylic acids is 3. The highest BCUT2D eigenvalue weighted by Gasteiger charge is 2.30. The van der Waals surface area contributed by atoms with Gasteiger partial charge in [0.05, 0.1) is 32.5 Å². The number of ketones is 1. The second kappa shape index (κ2) is 9.55. The van der Waals surface area contributed by atoms with E-state index in [0.717, 1.165) is 0 Å². The SMILES string of the molecule is CCOC(=O)c1c(C)[nH]c(C(=O)C(=O)NN2CCOCC2)c1-c1ccc(OC)cc1. The lowest BCUT2D eigenvalue weighted by Crippen LogP contribution is -2.50. The van der Waals surface area contributed by atoms with E-state index in [4.69, 9.17) is 14.2 Å². The first-order valence-electron chi connectivity index (χ1n) is 9.68. The highest BCUT2D eigenvalue weighted by Crippen LogP contribution is 2.32. The first kappa shape index (κ1) is 21.5. The summed E-state index contributed by atoms with van der Waals surface area (Å²) in [5.74, 6) is -1.50. The van der Waals surface area contributed by atoms with Crippen LogP contribution in [0.25, 0.3) is 11.1 Å². The Kier molecular flexibility index (Phi) is 6.86. The van der Waals surface area contributed by atoms with Crippen LogP contribution in [0.5, 0.6) is 5.75 Å². The van der Waals surface area contributed by atoms with Crippen molar-refractivity contribution >= 4 is 17.7 Å². The summed E-state index contributed by atoms with van der Waals surface area (Å²) in [6.45, 7) is 5.47. The first-order chi connectivity index (χ1) is 14.5. The lowest BCUT2D eigenvalue weighted by Gasteiger charge is -2.26. The van der Waals surface area contributed by atoms with Crippen LogP contribution in [0, 0.1) is 6.92 Å². The number of H-pyrrole nitrogens is 1. The van der Waals surface area contributed by atoms with Crippen molar-refractivity contribution in [2.24, 2.45) is 0 Å². The number of hydrazine groups is 1. The molecule has 2 heterocycles. The van der Waals surface area contributed by atoms with Crippen LogP contribution in [0.2, 0.25) is 0 Å². The number of Topliss-reactive ketones (excluding diaryl/α,β-unsaturated/α-hetero) is 1. The van der Waals surface area contributed by atoms with Crippen LogP contribution in [0.4, 0.5) is 0 Å². The van der Waals surface area contributed by atoms with Crippen molar-refractivity contribution in [3.05, 3.63) is 41.2 Å².